The van der Waals surface area contributed by atoms with Crippen LogP contribution < -0.4 is 15.8 Å². The fourth-order valence-electron chi connectivity index (χ4n) is 3.10. The Balaban J connectivity index is 1.71. The molecule has 1 unspecified atom stereocenters. The summed E-state index contributed by atoms with van der Waals surface area (Å²) in [5.74, 6) is 1.26. The van der Waals surface area contributed by atoms with E-state index in [9.17, 15) is 4.79 Å². The predicted octanol–water partition coefficient (Wildman–Crippen LogP) is 1.79. The summed E-state index contributed by atoms with van der Waals surface area (Å²) < 4.78 is 1.87. The molecular formula is C16H26N4O. The van der Waals surface area contributed by atoms with Gasteiger partial charge in [-0.2, -0.15) is 0 Å². The third-order valence-electron chi connectivity index (χ3n) is 4.42. The molecule has 21 heavy (non-hydrogen) atoms. The summed E-state index contributed by atoms with van der Waals surface area (Å²) in [6.45, 7) is 7.27. The minimum absolute atomic E-state index is 0.0949. The van der Waals surface area contributed by atoms with Crippen molar-refractivity contribution < 1.29 is 0 Å². The molecule has 5 nitrogen and oxygen atoms in total. The molecule has 0 radical (unpaired) electrons. The zero-order valence-electron chi connectivity index (χ0n) is 13.1. The molecule has 1 saturated carbocycles. The molecule has 0 amide bonds. The first-order chi connectivity index (χ1) is 10.1. The van der Waals surface area contributed by atoms with Gasteiger partial charge in [0.15, 0.2) is 5.82 Å². The fourth-order valence-corrected chi connectivity index (χ4v) is 3.10. The van der Waals surface area contributed by atoms with Crippen molar-refractivity contribution in [3.8, 4) is 0 Å². The lowest BCUT2D eigenvalue weighted by Gasteiger charge is -2.33. The predicted molar refractivity (Wildman–Crippen MR) is 84.8 cm³/mol. The van der Waals surface area contributed by atoms with E-state index in [-0.39, 0.29) is 5.56 Å². The molecule has 3 rings (SSSR count). The maximum atomic E-state index is 12.6. The van der Waals surface area contributed by atoms with Crippen molar-refractivity contribution in [3.63, 3.8) is 0 Å². The van der Waals surface area contributed by atoms with Crippen LogP contribution in [0.4, 0.5) is 5.82 Å². The van der Waals surface area contributed by atoms with Crippen LogP contribution in [0.5, 0.6) is 0 Å². The van der Waals surface area contributed by atoms with Crippen LogP contribution in [0.1, 0.15) is 45.6 Å². The van der Waals surface area contributed by atoms with Crippen LogP contribution >= 0.6 is 0 Å². The van der Waals surface area contributed by atoms with E-state index in [1.54, 1.807) is 6.20 Å². The largest absolute Gasteiger partial charge is 0.352 e. The second-order valence-electron chi connectivity index (χ2n) is 6.71. The molecule has 1 aliphatic heterocycles. The summed E-state index contributed by atoms with van der Waals surface area (Å²) in [7, 11) is 0. The van der Waals surface area contributed by atoms with E-state index < -0.39 is 0 Å². The molecule has 5 heteroatoms. The number of anilines is 1. The standard InChI is InChI=1S/C16H26N4O/c1-12(2)18-10-13-4-3-8-19(11-13)15-16(21)20(9-7-17-15)14-5-6-14/h7,9,12-14,18H,3-6,8,10-11H2,1-2H3. The molecule has 1 aliphatic carbocycles. The highest BCUT2D eigenvalue weighted by Gasteiger charge is 2.28. The van der Waals surface area contributed by atoms with Gasteiger partial charge in [0.05, 0.1) is 0 Å². The van der Waals surface area contributed by atoms with Crippen molar-refractivity contribution in [3.05, 3.63) is 22.7 Å². The van der Waals surface area contributed by atoms with Crippen LogP contribution in [0, 0.1) is 5.92 Å². The maximum absolute atomic E-state index is 12.6. The number of hydrogen-bond acceptors (Lipinski definition) is 4. The van der Waals surface area contributed by atoms with Crippen molar-refractivity contribution in [2.24, 2.45) is 5.92 Å². The first-order valence-electron chi connectivity index (χ1n) is 8.20. The molecular weight excluding hydrogens is 264 g/mol. The van der Waals surface area contributed by atoms with Crippen molar-refractivity contribution in [2.45, 2.75) is 51.6 Å². The van der Waals surface area contributed by atoms with Crippen molar-refractivity contribution in [1.29, 1.82) is 0 Å². The molecule has 2 aliphatic rings. The van der Waals surface area contributed by atoms with Gasteiger partial charge >= 0.3 is 0 Å². The van der Waals surface area contributed by atoms with E-state index >= 15 is 0 Å². The molecule has 0 spiro atoms. The summed E-state index contributed by atoms with van der Waals surface area (Å²) >= 11 is 0. The molecule has 0 aromatic carbocycles. The number of rotatable bonds is 5. The Morgan fingerprint density at radius 2 is 2.19 bits per heavy atom. The van der Waals surface area contributed by atoms with Crippen LogP contribution in [0.3, 0.4) is 0 Å². The highest BCUT2D eigenvalue weighted by Crippen LogP contribution is 2.33. The SMILES string of the molecule is CC(C)NCC1CCCN(c2nccn(C3CC3)c2=O)C1. The quantitative estimate of drug-likeness (QED) is 0.898. The number of hydrogen-bond donors (Lipinski definition) is 1. The van der Waals surface area contributed by atoms with Gasteiger partial charge in [-0.15, -0.1) is 0 Å². The second kappa shape index (κ2) is 6.18. The molecule has 0 bridgehead atoms. The number of nitrogens with one attached hydrogen (secondary N) is 1. The van der Waals surface area contributed by atoms with Crippen LogP contribution in [0.25, 0.3) is 0 Å². The lowest BCUT2D eigenvalue weighted by Crippen LogP contribution is -2.43. The van der Waals surface area contributed by atoms with E-state index in [4.69, 9.17) is 0 Å². The third-order valence-corrected chi connectivity index (χ3v) is 4.42. The van der Waals surface area contributed by atoms with Crippen LogP contribution in [0.15, 0.2) is 17.2 Å². The monoisotopic (exact) mass is 290 g/mol. The Hall–Kier alpha value is -1.36. The molecule has 1 atom stereocenters. The van der Waals surface area contributed by atoms with Gasteiger partial charge in [0.25, 0.3) is 5.56 Å². The van der Waals surface area contributed by atoms with Gasteiger partial charge in [0, 0.05) is 37.6 Å². The van der Waals surface area contributed by atoms with E-state index in [1.807, 2.05) is 10.8 Å². The van der Waals surface area contributed by atoms with Gasteiger partial charge in [0.1, 0.15) is 0 Å². The Morgan fingerprint density at radius 3 is 2.90 bits per heavy atom. The summed E-state index contributed by atoms with van der Waals surface area (Å²) in [4.78, 5) is 19.1. The van der Waals surface area contributed by atoms with Gasteiger partial charge in [-0.1, -0.05) is 13.8 Å². The van der Waals surface area contributed by atoms with Gasteiger partial charge in [-0.05, 0) is 38.1 Å². The highest BCUT2D eigenvalue weighted by atomic mass is 16.1. The van der Waals surface area contributed by atoms with Gasteiger partial charge in [0.2, 0.25) is 0 Å². The molecule has 1 aromatic rings. The number of aromatic nitrogens is 2. The Kier molecular flexibility index (Phi) is 4.29. The van der Waals surface area contributed by atoms with E-state index in [2.05, 4.69) is 29.0 Å². The fraction of sp³-hybridized carbons (Fsp3) is 0.750. The number of piperidine rings is 1. The molecule has 116 valence electrons. The normalized spacial score (nSPS) is 22.8. The Labute approximate surface area is 126 Å². The van der Waals surface area contributed by atoms with Crippen LogP contribution in [-0.4, -0.2) is 35.2 Å². The number of nitrogens with zero attached hydrogens (tertiary/aromatic N) is 3. The average molecular weight is 290 g/mol. The van der Waals surface area contributed by atoms with Gasteiger partial charge in [-0.3, -0.25) is 4.79 Å². The zero-order valence-corrected chi connectivity index (χ0v) is 13.1. The lowest BCUT2D eigenvalue weighted by molar-refractivity contribution is 0.377. The Bertz CT molecular complexity index is 535. The molecule has 2 heterocycles. The summed E-state index contributed by atoms with van der Waals surface area (Å²) in [6, 6.07) is 0.935. The minimum atomic E-state index is 0.0949. The first kappa shape index (κ1) is 14.6. The van der Waals surface area contributed by atoms with E-state index in [1.165, 1.54) is 6.42 Å². The first-order valence-corrected chi connectivity index (χ1v) is 8.20. The summed E-state index contributed by atoms with van der Waals surface area (Å²) in [5.41, 5.74) is 0.0949. The highest BCUT2D eigenvalue weighted by molar-refractivity contribution is 5.36. The molecule has 1 aromatic heterocycles. The maximum Gasteiger partial charge on any atom is 0.293 e. The van der Waals surface area contributed by atoms with E-state index in [0.717, 1.165) is 38.9 Å². The van der Waals surface area contributed by atoms with Gasteiger partial charge in [-0.25, -0.2) is 4.98 Å². The van der Waals surface area contributed by atoms with Crippen LogP contribution in [0.2, 0.25) is 0 Å². The molecule has 2 fully saturated rings. The lowest BCUT2D eigenvalue weighted by atomic mass is 9.98. The van der Waals surface area contributed by atoms with Crippen molar-refractivity contribution in [2.75, 3.05) is 24.5 Å². The third kappa shape index (κ3) is 3.46. The van der Waals surface area contributed by atoms with Crippen molar-refractivity contribution in [1.82, 2.24) is 14.9 Å². The average Bonchev–Trinajstić information content (AvgIpc) is 3.30. The molecule has 1 saturated heterocycles. The van der Waals surface area contributed by atoms with Crippen molar-refractivity contribution >= 4 is 5.82 Å². The summed E-state index contributed by atoms with van der Waals surface area (Å²) in [5, 5.41) is 3.51. The smallest absolute Gasteiger partial charge is 0.293 e. The topological polar surface area (TPSA) is 50.2 Å². The molecule has 1 N–H and O–H groups in total. The summed E-state index contributed by atoms with van der Waals surface area (Å²) in [6.07, 6.45) is 8.26. The van der Waals surface area contributed by atoms with Crippen LogP contribution in [-0.2, 0) is 0 Å². The zero-order chi connectivity index (χ0) is 14.8. The minimum Gasteiger partial charge on any atom is -0.352 e. The van der Waals surface area contributed by atoms with Gasteiger partial charge < -0.3 is 14.8 Å². The Morgan fingerprint density at radius 1 is 1.38 bits per heavy atom. The van der Waals surface area contributed by atoms with E-state index in [0.29, 0.717) is 23.8 Å². The second-order valence-corrected chi connectivity index (χ2v) is 6.71.